The molecule has 0 radical (unpaired) electrons. The average molecular weight is 326 g/mol. The molecule has 2 unspecified atom stereocenters. The molecule has 2 fully saturated rings. The number of hydrogen-bond donors (Lipinski definition) is 2. The maximum atomic E-state index is 5.57. The molecule has 23 heavy (non-hydrogen) atoms. The fourth-order valence-corrected chi connectivity index (χ4v) is 3.50. The maximum Gasteiger partial charge on any atom is 0.191 e. The van der Waals surface area contributed by atoms with Crippen molar-refractivity contribution in [1.29, 1.82) is 0 Å². The van der Waals surface area contributed by atoms with E-state index in [1.54, 1.807) is 7.11 Å². The normalized spacial score (nSPS) is 30.6. The average Bonchev–Trinajstić information content (AvgIpc) is 2.50. The smallest absolute Gasteiger partial charge is 0.191 e. The monoisotopic (exact) mass is 326 g/mol. The molecule has 1 heterocycles. The van der Waals surface area contributed by atoms with Crippen LogP contribution in [-0.4, -0.2) is 75.5 Å². The van der Waals surface area contributed by atoms with Crippen molar-refractivity contribution in [1.82, 2.24) is 15.5 Å². The Morgan fingerprint density at radius 3 is 2.65 bits per heavy atom. The van der Waals surface area contributed by atoms with Crippen LogP contribution in [0.3, 0.4) is 0 Å². The summed E-state index contributed by atoms with van der Waals surface area (Å²) in [7, 11) is 3.62. The molecule has 6 heteroatoms. The lowest BCUT2D eigenvalue weighted by Crippen LogP contribution is -2.63. The first kappa shape index (κ1) is 18.5. The van der Waals surface area contributed by atoms with Gasteiger partial charge in [-0.2, -0.15) is 0 Å². The van der Waals surface area contributed by atoms with Crippen LogP contribution in [0.1, 0.15) is 34.1 Å². The third kappa shape index (κ3) is 4.17. The van der Waals surface area contributed by atoms with Crippen LogP contribution < -0.4 is 10.6 Å². The second-order valence-electron chi connectivity index (χ2n) is 7.83. The summed E-state index contributed by atoms with van der Waals surface area (Å²) in [6.07, 6.45) is 1.35. The Labute approximate surface area is 141 Å². The van der Waals surface area contributed by atoms with Crippen LogP contribution in [-0.2, 0) is 9.47 Å². The second kappa shape index (κ2) is 7.36. The molecule has 1 aliphatic carbocycles. The van der Waals surface area contributed by atoms with Crippen molar-refractivity contribution >= 4 is 5.96 Å². The third-order valence-electron chi connectivity index (χ3n) is 5.49. The zero-order valence-electron chi connectivity index (χ0n) is 15.6. The van der Waals surface area contributed by atoms with E-state index in [2.05, 4.69) is 48.2 Å². The molecular formula is C17H34N4O2. The van der Waals surface area contributed by atoms with Crippen LogP contribution in [0.2, 0.25) is 0 Å². The molecule has 0 spiro atoms. The molecule has 2 N–H and O–H groups in total. The van der Waals surface area contributed by atoms with Crippen LogP contribution in [0.5, 0.6) is 0 Å². The van der Waals surface area contributed by atoms with Crippen LogP contribution >= 0.6 is 0 Å². The fraction of sp³-hybridized carbons (Fsp3) is 0.941. The van der Waals surface area contributed by atoms with Gasteiger partial charge in [0.1, 0.15) is 0 Å². The fourth-order valence-electron chi connectivity index (χ4n) is 3.50. The molecule has 2 aliphatic rings. The minimum absolute atomic E-state index is 0.110. The minimum atomic E-state index is 0.110. The van der Waals surface area contributed by atoms with Crippen molar-refractivity contribution in [3.8, 4) is 0 Å². The van der Waals surface area contributed by atoms with E-state index in [-0.39, 0.29) is 11.0 Å². The molecule has 0 amide bonds. The molecule has 0 aromatic carbocycles. The predicted molar refractivity (Wildman–Crippen MR) is 94.0 cm³/mol. The van der Waals surface area contributed by atoms with E-state index >= 15 is 0 Å². The Balaban J connectivity index is 1.76. The number of guanidine groups is 1. The number of methoxy groups -OCH3 is 1. The Kier molecular flexibility index (Phi) is 5.92. The van der Waals surface area contributed by atoms with Gasteiger partial charge in [-0.05, 0) is 20.3 Å². The number of hydrogen-bond acceptors (Lipinski definition) is 4. The summed E-state index contributed by atoms with van der Waals surface area (Å²) in [5, 5.41) is 6.97. The molecule has 2 atom stereocenters. The first-order valence-electron chi connectivity index (χ1n) is 8.64. The van der Waals surface area contributed by atoms with E-state index < -0.39 is 0 Å². The van der Waals surface area contributed by atoms with Gasteiger partial charge in [-0.1, -0.05) is 13.8 Å². The van der Waals surface area contributed by atoms with E-state index in [0.29, 0.717) is 12.1 Å². The number of nitrogens with zero attached hydrogens (tertiary/aromatic N) is 2. The first-order valence-corrected chi connectivity index (χ1v) is 8.64. The van der Waals surface area contributed by atoms with Crippen molar-refractivity contribution < 1.29 is 9.47 Å². The van der Waals surface area contributed by atoms with Gasteiger partial charge in [0.25, 0.3) is 0 Å². The highest BCUT2D eigenvalue weighted by molar-refractivity contribution is 5.80. The Morgan fingerprint density at radius 1 is 1.35 bits per heavy atom. The summed E-state index contributed by atoms with van der Waals surface area (Å²) in [6, 6.07) is 0.401. The lowest BCUT2D eigenvalue weighted by Gasteiger charge is -2.51. The van der Waals surface area contributed by atoms with Crippen LogP contribution in [0.15, 0.2) is 4.99 Å². The zero-order chi connectivity index (χ0) is 17.1. The molecule has 1 aliphatic heterocycles. The maximum absolute atomic E-state index is 5.57. The van der Waals surface area contributed by atoms with E-state index in [0.717, 1.165) is 45.2 Å². The molecule has 0 bridgehead atoms. The quantitative estimate of drug-likeness (QED) is 0.585. The number of rotatable bonds is 5. The molecule has 1 saturated carbocycles. The summed E-state index contributed by atoms with van der Waals surface area (Å²) in [4.78, 5) is 6.83. The van der Waals surface area contributed by atoms with Crippen LogP contribution in [0, 0.1) is 5.41 Å². The number of aliphatic imine (C=N–C) groups is 1. The molecule has 0 aromatic heterocycles. The number of morpholine rings is 1. The molecule has 1 saturated heterocycles. The summed E-state index contributed by atoms with van der Waals surface area (Å²) in [5.74, 6) is 0.878. The van der Waals surface area contributed by atoms with Gasteiger partial charge < -0.3 is 20.1 Å². The lowest BCUT2D eigenvalue weighted by molar-refractivity contribution is -0.0922. The third-order valence-corrected chi connectivity index (χ3v) is 5.49. The van der Waals surface area contributed by atoms with E-state index in [1.165, 1.54) is 0 Å². The molecule has 134 valence electrons. The van der Waals surface area contributed by atoms with Crippen molar-refractivity contribution in [2.75, 3.05) is 47.0 Å². The van der Waals surface area contributed by atoms with Gasteiger partial charge in [-0.15, -0.1) is 0 Å². The van der Waals surface area contributed by atoms with E-state index in [1.807, 2.05) is 7.05 Å². The number of ether oxygens (including phenoxy) is 2. The summed E-state index contributed by atoms with van der Waals surface area (Å²) in [5.41, 5.74) is 0.247. The predicted octanol–water partition coefficient (Wildman–Crippen LogP) is 1.08. The Bertz CT molecular complexity index is 423. The standard InChI is InChI=1S/C17H34N4O2/c1-16(2)12-23-10-9-21(16)8-7-19-15(18-5)20-13-11-14(22-6)17(13,3)4/h13-14H,7-12H2,1-6H3,(H2,18,19,20). The molecule has 6 nitrogen and oxygen atoms in total. The van der Waals surface area contributed by atoms with Gasteiger partial charge in [0.05, 0.1) is 19.3 Å². The minimum Gasteiger partial charge on any atom is -0.381 e. The van der Waals surface area contributed by atoms with E-state index in [9.17, 15) is 0 Å². The first-order chi connectivity index (χ1) is 10.8. The lowest BCUT2D eigenvalue weighted by atomic mass is 9.64. The van der Waals surface area contributed by atoms with Crippen LogP contribution in [0.4, 0.5) is 0 Å². The van der Waals surface area contributed by atoms with Crippen molar-refractivity contribution in [2.24, 2.45) is 10.4 Å². The molecular weight excluding hydrogens is 292 g/mol. The Hall–Kier alpha value is -0.850. The largest absolute Gasteiger partial charge is 0.381 e. The summed E-state index contributed by atoms with van der Waals surface area (Å²) < 4.78 is 11.1. The van der Waals surface area contributed by atoms with Gasteiger partial charge in [0, 0.05) is 50.8 Å². The van der Waals surface area contributed by atoms with Gasteiger partial charge in [-0.25, -0.2) is 0 Å². The topological polar surface area (TPSA) is 58.1 Å². The number of nitrogens with one attached hydrogen (secondary N) is 2. The molecule has 2 rings (SSSR count). The zero-order valence-corrected chi connectivity index (χ0v) is 15.6. The van der Waals surface area contributed by atoms with Gasteiger partial charge in [0.15, 0.2) is 5.96 Å². The van der Waals surface area contributed by atoms with Crippen LogP contribution in [0.25, 0.3) is 0 Å². The summed E-state index contributed by atoms with van der Waals surface area (Å²) >= 11 is 0. The molecule has 0 aromatic rings. The SMILES string of the molecule is CN=C(NCCN1CCOCC1(C)C)NC1CC(OC)C1(C)C. The highest BCUT2D eigenvalue weighted by Gasteiger charge is 2.48. The van der Waals surface area contributed by atoms with E-state index in [4.69, 9.17) is 9.47 Å². The Morgan fingerprint density at radius 2 is 2.09 bits per heavy atom. The van der Waals surface area contributed by atoms with Gasteiger partial charge in [0.2, 0.25) is 0 Å². The second-order valence-corrected chi connectivity index (χ2v) is 7.83. The van der Waals surface area contributed by atoms with Crippen molar-refractivity contribution in [2.45, 2.75) is 51.8 Å². The highest BCUT2D eigenvalue weighted by Crippen LogP contribution is 2.42. The van der Waals surface area contributed by atoms with Gasteiger partial charge >= 0.3 is 0 Å². The summed E-state index contributed by atoms with van der Waals surface area (Å²) in [6.45, 7) is 13.4. The van der Waals surface area contributed by atoms with Crippen molar-refractivity contribution in [3.63, 3.8) is 0 Å². The highest BCUT2D eigenvalue weighted by atomic mass is 16.5. The van der Waals surface area contributed by atoms with Crippen molar-refractivity contribution in [3.05, 3.63) is 0 Å². The van der Waals surface area contributed by atoms with Gasteiger partial charge in [-0.3, -0.25) is 9.89 Å².